The molecule has 0 spiro atoms. The van der Waals surface area contributed by atoms with Crippen LogP contribution in [0.5, 0.6) is 11.5 Å². The molecule has 0 saturated carbocycles. The Kier molecular flexibility index (Phi) is 5.87. The Labute approximate surface area is 124 Å². The van der Waals surface area contributed by atoms with Gasteiger partial charge in [0.2, 0.25) is 0 Å². The number of benzene rings is 2. The Bertz CT molecular complexity index is 546. The quantitative estimate of drug-likeness (QED) is 0.650. The minimum absolute atomic E-state index is 0.0204. The zero-order valence-electron chi connectivity index (χ0n) is 12.0. The van der Waals surface area contributed by atoms with Crippen LogP contribution in [-0.2, 0) is 6.54 Å². The van der Waals surface area contributed by atoms with E-state index < -0.39 is 0 Å². The van der Waals surface area contributed by atoms with Gasteiger partial charge >= 0.3 is 0 Å². The first-order valence-electron chi connectivity index (χ1n) is 6.78. The van der Waals surface area contributed by atoms with E-state index in [0.717, 1.165) is 11.3 Å². The smallest absolute Gasteiger partial charge is 0.161 e. The Hall–Kier alpha value is -2.24. The molecule has 0 saturated heterocycles. The monoisotopic (exact) mass is 288 g/mol. The SMILES string of the molecule is COc1cc(CNNc2ccccc2)ccc1OCCO. The first-order chi connectivity index (χ1) is 10.3. The maximum atomic E-state index is 8.79. The van der Waals surface area contributed by atoms with Crippen molar-refractivity contribution in [2.75, 3.05) is 25.7 Å². The van der Waals surface area contributed by atoms with Gasteiger partial charge in [-0.1, -0.05) is 24.3 Å². The number of methoxy groups -OCH3 is 1. The van der Waals surface area contributed by atoms with E-state index in [0.29, 0.717) is 18.0 Å². The van der Waals surface area contributed by atoms with Crippen molar-refractivity contribution in [1.29, 1.82) is 0 Å². The fraction of sp³-hybridized carbons (Fsp3) is 0.250. The van der Waals surface area contributed by atoms with Gasteiger partial charge in [-0.05, 0) is 29.8 Å². The second kappa shape index (κ2) is 8.14. The Balaban J connectivity index is 1.91. The average molecular weight is 288 g/mol. The molecule has 0 bridgehead atoms. The van der Waals surface area contributed by atoms with Crippen molar-refractivity contribution in [3.05, 3.63) is 54.1 Å². The molecule has 0 aliphatic rings. The number of ether oxygens (including phenoxy) is 2. The normalized spacial score (nSPS) is 10.2. The van der Waals surface area contributed by atoms with Crippen molar-refractivity contribution in [2.45, 2.75) is 6.54 Å². The number of anilines is 1. The maximum absolute atomic E-state index is 8.79. The molecule has 0 aliphatic heterocycles. The molecule has 0 aromatic heterocycles. The van der Waals surface area contributed by atoms with Crippen molar-refractivity contribution in [3.63, 3.8) is 0 Å². The fourth-order valence-electron chi connectivity index (χ4n) is 1.87. The maximum Gasteiger partial charge on any atom is 0.161 e. The first kappa shape index (κ1) is 15.2. The van der Waals surface area contributed by atoms with Gasteiger partial charge in [-0.25, -0.2) is 5.43 Å². The van der Waals surface area contributed by atoms with Crippen LogP contribution >= 0.6 is 0 Å². The Morgan fingerprint density at radius 1 is 1.05 bits per heavy atom. The lowest BCUT2D eigenvalue weighted by Crippen LogP contribution is -2.20. The molecule has 2 aromatic carbocycles. The number of rotatable bonds is 8. The van der Waals surface area contributed by atoms with E-state index in [1.807, 2.05) is 48.5 Å². The highest BCUT2D eigenvalue weighted by Crippen LogP contribution is 2.27. The summed E-state index contributed by atoms with van der Waals surface area (Å²) < 4.78 is 10.7. The van der Waals surface area contributed by atoms with E-state index in [1.54, 1.807) is 7.11 Å². The summed E-state index contributed by atoms with van der Waals surface area (Å²) in [4.78, 5) is 0. The minimum atomic E-state index is -0.0204. The van der Waals surface area contributed by atoms with Gasteiger partial charge in [-0.15, -0.1) is 0 Å². The number of para-hydroxylation sites is 1. The van der Waals surface area contributed by atoms with Crippen LogP contribution in [0.1, 0.15) is 5.56 Å². The van der Waals surface area contributed by atoms with Crippen LogP contribution in [0, 0.1) is 0 Å². The summed E-state index contributed by atoms with van der Waals surface area (Å²) in [5.41, 5.74) is 8.34. The number of nitrogens with one attached hydrogen (secondary N) is 2. The minimum Gasteiger partial charge on any atom is -0.493 e. The van der Waals surface area contributed by atoms with Gasteiger partial charge in [0.25, 0.3) is 0 Å². The number of aliphatic hydroxyl groups is 1. The summed E-state index contributed by atoms with van der Waals surface area (Å²) in [5, 5.41) is 8.79. The van der Waals surface area contributed by atoms with Crippen LogP contribution in [0.15, 0.2) is 48.5 Å². The molecule has 0 aliphatic carbocycles. The number of hydrogen-bond donors (Lipinski definition) is 3. The van der Waals surface area contributed by atoms with Crippen molar-refractivity contribution >= 4 is 5.69 Å². The zero-order valence-corrected chi connectivity index (χ0v) is 12.0. The van der Waals surface area contributed by atoms with Crippen molar-refractivity contribution in [2.24, 2.45) is 0 Å². The highest BCUT2D eigenvalue weighted by atomic mass is 16.5. The summed E-state index contributed by atoms with van der Waals surface area (Å²) in [6, 6.07) is 15.6. The molecule has 0 unspecified atom stereocenters. The van der Waals surface area contributed by atoms with Crippen LogP contribution in [-0.4, -0.2) is 25.4 Å². The molecule has 0 atom stereocenters. The third-order valence-electron chi connectivity index (χ3n) is 2.88. The van der Waals surface area contributed by atoms with Gasteiger partial charge in [0.15, 0.2) is 11.5 Å². The lowest BCUT2D eigenvalue weighted by molar-refractivity contribution is 0.196. The van der Waals surface area contributed by atoms with Gasteiger partial charge in [0, 0.05) is 12.2 Å². The topological polar surface area (TPSA) is 62.8 Å². The summed E-state index contributed by atoms with van der Waals surface area (Å²) >= 11 is 0. The molecule has 2 rings (SSSR count). The second-order valence-electron chi connectivity index (χ2n) is 4.40. The van der Waals surface area contributed by atoms with Crippen molar-refractivity contribution < 1.29 is 14.6 Å². The molecule has 0 radical (unpaired) electrons. The van der Waals surface area contributed by atoms with Crippen molar-refractivity contribution in [1.82, 2.24) is 5.43 Å². The first-order valence-corrected chi connectivity index (χ1v) is 6.78. The third kappa shape index (κ3) is 4.66. The molecular formula is C16H20N2O3. The van der Waals surface area contributed by atoms with E-state index in [9.17, 15) is 0 Å². The fourth-order valence-corrected chi connectivity index (χ4v) is 1.87. The van der Waals surface area contributed by atoms with Gasteiger partial charge in [0.05, 0.1) is 13.7 Å². The molecule has 21 heavy (non-hydrogen) atoms. The third-order valence-corrected chi connectivity index (χ3v) is 2.88. The molecular weight excluding hydrogens is 268 g/mol. The summed E-state index contributed by atoms with van der Waals surface area (Å²) in [6.07, 6.45) is 0. The van der Waals surface area contributed by atoms with Crippen LogP contribution in [0.2, 0.25) is 0 Å². The lowest BCUT2D eigenvalue weighted by atomic mass is 10.2. The average Bonchev–Trinajstić information content (AvgIpc) is 2.54. The Morgan fingerprint density at radius 2 is 1.86 bits per heavy atom. The van der Waals surface area contributed by atoms with Gasteiger partial charge in [0.1, 0.15) is 6.61 Å². The number of aliphatic hydroxyl groups excluding tert-OH is 1. The lowest BCUT2D eigenvalue weighted by Gasteiger charge is -2.12. The van der Waals surface area contributed by atoms with Crippen molar-refractivity contribution in [3.8, 4) is 11.5 Å². The molecule has 0 amide bonds. The van der Waals surface area contributed by atoms with E-state index in [2.05, 4.69) is 10.9 Å². The van der Waals surface area contributed by atoms with E-state index in [-0.39, 0.29) is 13.2 Å². The molecule has 3 N–H and O–H groups in total. The number of hydrogen-bond acceptors (Lipinski definition) is 5. The Morgan fingerprint density at radius 3 is 2.57 bits per heavy atom. The van der Waals surface area contributed by atoms with Crippen LogP contribution in [0.3, 0.4) is 0 Å². The predicted molar refractivity (Wildman–Crippen MR) is 82.5 cm³/mol. The van der Waals surface area contributed by atoms with Crippen LogP contribution in [0.4, 0.5) is 5.69 Å². The van der Waals surface area contributed by atoms with Crippen LogP contribution in [0.25, 0.3) is 0 Å². The molecule has 112 valence electrons. The summed E-state index contributed by atoms with van der Waals surface area (Å²) in [5.74, 6) is 1.29. The van der Waals surface area contributed by atoms with Gasteiger partial charge in [-0.2, -0.15) is 0 Å². The highest BCUT2D eigenvalue weighted by molar-refractivity contribution is 5.44. The largest absolute Gasteiger partial charge is 0.493 e. The molecule has 2 aromatic rings. The summed E-state index contributed by atoms with van der Waals surface area (Å²) in [7, 11) is 1.60. The van der Waals surface area contributed by atoms with E-state index in [4.69, 9.17) is 14.6 Å². The van der Waals surface area contributed by atoms with Gasteiger partial charge < -0.3 is 20.0 Å². The number of hydrazine groups is 1. The molecule has 0 fully saturated rings. The molecule has 5 nitrogen and oxygen atoms in total. The van der Waals surface area contributed by atoms with E-state index >= 15 is 0 Å². The second-order valence-corrected chi connectivity index (χ2v) is 4.40. The molecule has 5 heteroatoms. The predicted octanol–water partition coefficient (Wildman–Crippen LogP) is 2.18. The van der Waals surface area contributed by atoms with Gasteiger partial charge in [-0.3, -0.25) is 0 Å². The van der Waals surface area contributed by atoms with Crippen LogP contribution < -0.4 is 20.3 Å². The summed E-state index contributed by atoms with van der Waals surface area (Å²) in [6.45, 7) is 0.877. The standard InChI is InChI=1S/C16H20N2O3/c1-20-16-11-13(7-8-15(16)21-10-9-19)12-17-18-14-5-3-2-4-6-14/h2-8,11,17-19H,9-10,12H2,1H3. The highest BCUT2D eigenvalue weighted by Gasteiger charge is 2.05. The molecule has 0 heterocycles. The van der Waals surface area contributed by atoms with E-state index in [1.165, 1.54) is 0 Å². The zero-order chi connectivity index (χ0) is 14.9.